The molecule has 0 saturated carbocycles. The Morgan fingerprint density at radius 2 is 1.80 bits per heavy atom. The van der Waals surface area contributed by atoms with Crippen molar-refractivity contribution in [1.29, 1.82) is 0 Å². The van der Waals surface area contributed by atoms with Crippen LogP contribution in [-0.2, 0) is 0 Å². The van der Waals surface area contributed by atoms with Crippen molar-refractivity contribution in [2.45, 2.75) is 26.2 Å². The fourth-order valence-corrected chi connectivity index (χ4v) is 2.83. The van der Waals surface area contributed by atoms with Crippen molar-refractivity contribution in [3.63, 3.8) is 0 Å². The number of rotatable bonds is 6. The summed E-state index contributed by atoms with van der Waals surface area (Å²) in [5, 5.41) is 0. The summed E-state index contributed by atoms with van der Waals surface area (Å²) >= 11 is 0. The molecule has 0 unspecified atom stereocenters. The Bertz CT molecular complexity index is 828. The predicted molar refractivity (Wildman–Crippen MR) is 99.0 cm³/mol. The van der Waals surface area contributed by atoms with Gasteiger partial charge < -0.3 is 9.47 Å². The lowest BCUT2D eigenvalue weighted by Gasteiger charge is -2.08. The molecular weight excluding hydrogens is 315 g/mol. The fraction of sp³-hybridized carbons (Fsp3) is 0.227. The third-order valence-electron chi connectivity index (χ3n) is 4.06. The van der Waals surface area contributed by atoms with Crippen LogP contribution in [0.15, 0.2) is 60.9 Å². The van der Waals surface area contributed by atoms with E-state index in [9.17, 15) is 4.39 Å². The fourth-order valence-electron chi connectivity index (χ4n) is 2.83. The normalized spacial score (nSPS) is 11.8. The molecule has 3 heteroatoms. The van der Waals surface area contributed by atoms with Gasteiger partial charge in [0.1, 0.15) is 5.82 Å². The summed E-state index contributed by atoms with van der Waals surface area (Å²) in [5.41, 5.74) is 7.66. The Balaban J connectivity index is 2.10. The van der Waals surface area contributed by atoms with E-state index in [-0.39, 0.29) is 12.6 Å². The number of allylic oxidation sites excluding steroid dienone is 2. The van der Waals surface area contributed by atoms with E-state index in [2.05, 4.69) is 19.2 Å². The molecule has 0 atom stereocenters. The molecule has 0 aromatic heterocycles. The lowest BCUT2D eigenvalue weighted by Crippen LogP contribution is -1.93. The van der Waals surface area contributed by atoms with Crippen LogP contribution in [0, 0.1) is 5.82 Å². The molecule has 0 fully saturated rings. The van der Waals surface area contributed by atoms with E-state index in [1.54, 1.807) is 12.1 Å². The van der Waals surface area contributed by atoms with Crippen molar-refractivity contribution in [2.24, 2.45) is 0 Å². The number of hydrogen-bond donors (Lipinski definition) is 0. The van der Waals surface area contributed by atoms with Crippen LogP contribution in [0.4, 0.5) is 4.39 Å². The van der Waals surface area contributed by atoms with Gasteiger partial charge in [-0.15, -0.1) is 12.3 Å². The number of hydrogen-bond acceptors (Lipinski definition) is 2. The third-order valence-corrected chi connectivity index (χ3v) is 4.06. The first-order valence-corrected chi connectivity index (χ1v) is 8.46. The van der Waals surface area contributed by atoms with Gasteiger partial charge in [0.2, 0.25) is 6.79 Å². The largest absolute Gasteiger partial charge is 0.454 e. The molecule has 0 radical (unpaired) electrons. The van der Waals surface area contributed by atoms with Gasteiger partial charge in [0.15, 0.2) is 11.5 Å². The quantitative estimate of drug-likeness (QED) is 0.476. The van der Waals surface area contributed by atoms with Gasteiger partial charge in [-0.2, -0.15) is 0 Å². The number of halogens is 1. The van der Waals surface area contributed by atoms with Gasteiger partial charge in [0.05, 0.1) is 0 Å². The first-order chi connectivity index (χ1) is 12.2. The zero-order valence-corrected chi connectivity index (χ0v) is 14.3. The van der Waals surface area contributed by atoms with Crippen molar-refractivity contribution in [2.75, 3.05) is 6.79 Å². The van der Waals surface area contributed by atoms with E-state index in [0.29, 0.717) is 6.42 Å². The molecule has 128 valence electrons. The van der Waals surface area contributed by atoms with Gasteiger partial charge in [-0.3, -0.25) is 0 Å². The van der Waals surface area contributed by atoms with Gasteiger partial charge in [-0.1, -0.05) is 37.6 Å². The van der Waals surface area contributed by atoms with Crippen LogP contribution in [0.25, 0.3) is 11.1 Å². The maximum absolute atomic E-state index is 13.2. The molecular formula is C22H21FO2. The van der Waals surface area contributed by atoms with Crippen molar-refractivity contribution in [3.8, 4) is 11.5 Å². The first kappa shape index (κ1) is 17.1. The zero-order valence-electron chi connectivity index (χ0n) is 14.3. The Hall–Kier alpha value is -2.77. The highest BCUT2D eigenvalue weighted by atomic mass is 19.1. The van der Waals surface area contributed by atoms with Gasteiger partial charge in [0.25, 0.3) is 0 Å². The molecule has 0 saturated heterocycles. The van der Waals surface area contributed by atoms with E-state index in [1.807, 2.05) is 24.3 Å². The van der Waals surface area contributed by atoms with Crippen molar-refractivity contribution in [3.05, 3.63) is 77.8 Å². The zero-order chi connectivity index (χ0) is 17.6. The summed E-state index contributed by atoms with van der Waals surface area (Å²) in [6.45, 7) is 6.24. The highest BCUT2D eigenvalue weighted by molar-refractivity contribution is 5.76. The van der Waals surface area contributed by atoms with Crippen LogP contribution >= 0.6 is 0 Å². The summed E-state index contributed by atoms with van der Waals surface area (Å²) in [5.74, 6) is 1.30. The van der Waals surface area contributed by atoms with Gasteiger partial charge in [0, 0.05) is 11.1 Å². The molecule has 1 aliphatic heterocycles. The average Bonchev–Trinajstić information content (AvgIpc) is 3.09. The summed E-state index contributed by atoms with van der Waals surface area (Å²) in [6.07, 6.45) is 4.40. The van der Waals surface area contributed by atoms with Crippen LogP contribution in [0.1, 0.15) is 37.3 Å². The Kier molecular flexibility index (Phi) is 5.37. The Labute approximate surface area is 147 Å². The minimum absolute atomic E-state index is 0.241. The van der Waals surface area contributed by atoms with E-state index in [0.717, 1.165) is 46.6 Å². The highest BCUT2D eigenvalue weighted by Crippen LogP contribution is 2.35. The molecule has 1 heterocycles. The van der Waals surface area contributed by atoms with Crippen molar-refractivity contribution in [1.82, 2.24) is 0 Å². The minimum atomic E-state index is -0.241. The maximum Gasteiger partial charge on any atom is 0.231 e. The standard InChI is InChI=1S/C22H21FO2/c1-3-5-17(16-7-10-20(23)11-8-16)13-18(6-4-2)19-9-12-21-22(14-19)25-15-24-21/h3,7-12,14H,1,4-6,15H2,2H3. The lowest BCUT2D eigenvalue weighted by atomic mass is 9.97. The molecule has 0 spiro atoms. The molecule has 25 heavy (non-hydrogen) atoms. The van der Waals surface area contributed by atoms with Crippen molar-refractivity contribution >= 4 is 11.1 Å². The maximum atomic E-state index is 13.2. The molecule has 3 rings (SSSR count). The van der Waals surface area contributed by atoms with E-state index in [1.165, 1.54) is 12.1 Å². The SMILES string of the molecule is C=CCC(=C=C(CCC)c1ccc2c(c1)OCO2)c1ccc(F)cc1. The molecule has 0 aliphatic carbocycles. The summed E-state index contributed by atoms with van der Waals surface area (Å²) in [6, 6.07) is 12.5. The molecule has 0 bridgehead atoms. The molecule has 2 aromatic carbocycles. The number of benzene rings is 2. The number of ether oxygens (including phenoxy) is 2. The molecule has 1 aliphatic rings. The summed E-state index contributed by atoms with van der Waals surface area (Å²) < 4.78 is 24.1. The molecule has 2 aromatic rings. The lowest BCUT2D eigenvalue weighted by molar-refractivity contribution is 0.174. The van der Waals surface area contributed by atoms with Crippen LogP contribution < -0.4 is 9.47 Å². The second kappa shape index (κ2) is 7.87. The molecule has 2 nitrogen and oxygen atoms in total. The molecule has 0 amide bonds. The van der Waals surface area contributed by atoms with Crippen LogP contribution in [0.5, 0.6) is 11.5 Å². The highest BCUT2D eigenvalue weighted by Gasteiger charge is 2.14. The van der Waals surface area contributed by atoms with E-state index < -0.39 is 0 Å². The second-order valence-corrected chi connectivity index (χ2v) is 5.90. The number of fused-ring (bicyclic) bond motifs is 1. The van der Waals surface area contributed by atoms with Crippen LogP contribution in [0.2, 0.25) is 0 Å². The first-order valence-electron chi connectivity index (χ1n) is 8.46. The Morgan fingerprint density at radius 3 is 2.52 bits per heavy atom. The average molecular weight is 336 g/mol. The van der Waals surface area contributed by atoms with Gasteiger partial charge in [-0.05, 0) is 48.2 Å². The minimum Gasteiger partial charge on any atom is -0.454 e. The van der Waals surface area contributed by atoms with Crippen LogP contribution in [-0.4, -0.2) is 6.79 Å². The summed E-state index contributed by atoms with van der Waals surface area (Å²) in [7, 11) is 0. The summed E-state index contributed by atoms with van der Waals surface area (Å²) in [4.78, 5) is 0. The van der Waals surface area contributed by atoms with Gasteiger partial charge >= 0.3 is 0 Å². The monoisotopic (exact) mass is 336 g/mol. The van der Waals surface area contributed by atoms with E-state index in [4.69, 9.17) is 9.47 Å². The second-order valence-electron chi connectivity index (χ2n) is 5.90. The van der Waals surface area contributed by atoms with Gasteiger partial charge in [-0.25, -0.2) is 4.39 Å². The smallest absolute Gasteiger partial charge is 0.231 e. The molecule has 0 N–H and O–H groups in total. The van der Waals surface area contributed by atoms with Crippen LogP contribution in [0.3, 0.4) is 0 Å². The Morgan fingerprint density at radius 1 is 1.08 bits per heavy atom. The topological polar surface area (TPSA) is 18.5 Å². The van der Waals surface area contributed by atoms with Crippen molar-refractivity contribution < 1.29 is 13.9 Å². The van der Waals surface area contributed by atoms with E-state index >= 15 is 0 Å². The predicted octanol–water partition coefficient (Wildman–Crippen LogP) is 6.00. The third kappa shape index (κ3) is 4.01.